The van der Waals surface area contributed by atoms with E-state index in [1.807, 2.05) is 0 Å². The van der Waals surface area contributed by atoms with E-state index in [0.717, 1.165) is 29.5 Å². The Bertz CT molecular complexity index is 674. The summed E-state index contributed by atoms with van der Waals surface area (Å²) in [5, 5.41) is 0. The van der Waals surface area contributed by atoms with Gasteiger partial charge in [-0.15, -0.1) is 0 Å². The molecule has 1 heterocycles. The predicted octanol–water partition coefficient (Wildman–Crippen LogP) is 10.4. The number of unbranched alkanes of at least 4 members (excludes halogenated alkanes) is 5. The summed E-state index contributed by atoms with van der Waals surface area (Å²) < 4.78 is 0. The third kappa shape index (κ3) is 8.29. The molecule has 3 saturated carbocycles. The maximum absolute atomic E-state index is 4.90. The summed E-state index contributed by atoms with van der Waals surface area (Å²) in [5.41, 5.74) is 1.43. The lowest BCUT2D eigenvalue weighted by molar-refractivity contribution is 0.155. The molecule has 3 aliphatic carbocycles. The highest BCUT2D eigenvalue weighted by Gasteiger charge is 2.31. The molecule has 0 saturated heterocycles. The maximum Gasteiger partial charge on any atom is 0.131 e. The van der Waals surface area contributed by atoms with Gasteiger partial charge in [-0.05, 0) is 99.4 Å². The predicted molar refractivity (Wildman–Crippen MR) is 150 cm³/mol. The SMILES string of the molecule is CCCCCCCCC1CCC(C2CCC(c3cnc(C4CCC(CCC)CC4)nc3)CC2)CC1. The van der Waals surface area contributed by atoms with Crippen molar-refractivity contribution in [2.24, 2.45) is 23.7 Å². The van der Waals surface area contributed by atoms with Crippen molar-refractivity contribution in [3.8, 4) is 0 Å². The van der Waals surface area contributed by atoms with Gasteiger partial charge in [-0.2, -0.15) is 0 Å². The Balaban J connectivity index is 1.13. The summed E-state index contributed by atoms with van der Waals surface area (Å²) in [4.78, 5) is 9.80. The van der Waals surface area contributed by atoms with Crippen LogP contribution < -0.4 is 0 Å². The number of hydrogen-bond donors (Lipinski definition) is 0. The molecule has 35 heavy (non-hydrogen) atoms. The summed E-state index contributed by atoms with van der Waals surface area (Å²) in [6.45, 7) is 4.64. The van der Waals surface area contributed by atoms with Crippen LogP contribution in [0, 0.1) is 23.7 Å². The number of aromatic nitrogens is 2. The first-order valence-electron chi connectivity index (χ1n) is 16.1. The number of rotatable bonds is 12. The summed E-state index contributed by atoms with van der Waals surface area (Å²) in [5.74, 6) is 6.49. The third-order valence-corrected chi connectivity index (χ3v) is 10.4. The molecular weight excluding hydrogens is 424 g/mol. The highest BCUT2D eigenvalue weighted by molar-refractivity contribution is 5.14. The van der Waals surface area contributed by atoms with Gasteiger partial charge in [0.2, 0.25) is 0 Å². The highest BCUT2D eigenvalue weighted by Crippen LogP contribution is 2.44. The van der Waals surface area contributed by atoms with Crippen molar-refractivity contribution < 1.29 is 0 Å². The van der Waals surface area contributed by atoms with Gasteiger partial charge < -0.3 is 0 Å². The van der Waals surface area contributed by atoms with Gasteiger partial charge in [0.15, 0.2) is 0 Å². The Morgan fingerprint density at radius 2 is 1.06 bits per heavy atom. The van der Waals surface area contributed by atoms with Crippen LogP contribution in [-0.2, 0) is 0 Å². The molecule has 0 N–H and O–H groups in total. The van der Waals surface area contributed by atoms with E-state index in [-0.39, 0.29) is 0 Å². The van der Waals surface area contributed by atoms with Crippen LogP contribution in [-0.4, -0.2) is 9.97 Å². The monoisotopic (exact) mass is 480 g/mol. The Hall–Kier alpha value is -0.920. The van der Waals surface area contributed by atoms with E-state index in [4.69, 9.17) is 9.97 Å². The van der Waals surface area contributed by atoms with E-state index in [1.54, 1.807) is 0 Å². The summed E-state index contributed by atoms with van der Waals surface area (Å²) in [6, 6.07) is 0. The fraction of sp³-hybridized carbons (Fsp3) is 0.879. The Morgan fingerprint density at radius 1 is 0.543 bits per heavy atom. The van der Waals surface area contributed by atoms with E-state index >= 15 is 0 Å². The van der Waals surface area contributed by atoms with Gasteiger partial charge in [0.05, 0.1) is 0 Å². The summed E-state index contributed by atoms with van der Waals surface area (Å²) in [6.07, 6.45) is 34.5. The first-order valence-corrected chi connectivity index (χ1v) is 16.1. The summed E-state index contributed by atoms with van der Waals surface area (Å²) >= 11 is 0. The smallest absolute Gasteiger partial charge is 0.131 e. The van der Waals surface area contributed by atoms with Crippen molar-refractivity contribution in [2.45, 2.75) is 161 Å². The standard InChI is InChI=1S/C33H56N2/c1-3-5-6-7-8-9-11-27-12-16-28(17-13-27)29-20-22-30(23-21-29)32-24-34-33(35-25-32)31-18-14-26(10-4-2)15-19-31/h24-31H,3-23H2,1-2H3. The van der Waals surface area contributed by atoms with E-state index in [9.17, 15) is 0 Å². The Morgan fingerprint density at radius 3 is 1.69 bits per heavy atom. The molecule has 1 aromatic heterocycles. The van der Waals surface area contributed by atoms with Crippen LogP contribution in [0.2, 0.25) is 0 Å². The first-order chi connectivity index (χ1) is 17.3. The largest absolute Gasteiger partial charge is 0.241 e. The van der Waals surface area contributed by atoms with Crippen molar-refractivity contribution >= 4 is 0 Å². The van der Waals surface area contributed by atoms with Crippen LogP contribution in [0.5, 0.6) is 0 Å². The van der Waals surface area contributed by atoms with Crippen molar-refractivity contribution in [1.29, 1.82) is 0 Å². The van der Waals surface area contributed by atoms with Crippen molar-refractivity contribution in [3.63, 3.8) is 0 Å². The number of hydrogen-bond acceptors (Lipinski definition) is 2. The molecule has 198 valence electrons. The number of nitrogens with zero attached hydrogens (tertiary/aromatic N) is 2. The minimum Gasteiger partial charge on any atom is -0.241 e. The van der Waals surface area contributed by atoms with Gasteiger partial charge in [0, 0.05) is 18.3 Å². The average molecular weight is 481 g/mol. The van der Waals surface area contributed by atoms with E-state index < -0.39 is 0 Å². The lowest BCUT2D eigenvalue weighted by Gasteiger charge is -2.38. The van der Waals surface area contributed by atoms with Crippen LogP contribution in [0.3, 0.4) is 0 Å². The molecule has 0 radical (unpaired) electrons. The Kier molecular flexibility index (Phi) is 11.4. The second-order valence-electron chi connectivity index (χ2n) is 12.8. The van der Waals surface area contributed by atoms with E-state index in [1.165, 1.54) is 140 Å². The second-order valence-corrected chi connectivity index (χ2v) is 12.8. The molecule has 1 aromatic rings. The van der Waals surface area contributed by atoms with Crippen molar-refractivity contribution in [1.82, 2.24) is 9.97 Å². The lowest BCUT2D eigenvalue weighted by atomic mass is 9.68. The second kappa shape index (κ2) is 14.7. The van der Waals surface area contributed by atoms with E-state index in [2.05, 4.69) is 26.2 Å². The van der Waals surface area contributed by atoms with E-state index in [0.29, 0.717) is 11.8 Å². The zero-order chi connectivity index (χ0) is 24.3. The third-order valence-electron chi connectivity index (χ3n) is 10.4. The molecule has 0 amide bonds. The molecule has 4 rings (SSSR count). The van der Waals surface area contributed by atoms with Gasteiger partial charge in [-0.3, -0.25) is 0 Å². The zero-order valence-electron chi connectivity index (χ0n) is 23.4. The summed E-state index contributed by atoms with van der Waals surface area (Å²) in [7, 11) is 0. The molecule has 0 bridgehead atoms. The van der Waals surface area contributed by atoms with Crippen LogP contribution in [0.1, 0.15) is 172 Å². The van der Waals surface area contributed by atoms with Gasteiger partial charge in [0.1, 0.15) is 5.82 Å². The fourth-order valence-electron chi connectivity index (χ4n) is 7.97. The fourth-order valence-corrected chi connectivity index (χ4v) is 7.97. The maximum atomic E-state index is 4.90. The van der Waals surface area contributed by atoms with Gasteiger partial charge >= 0.3 is 0 Å². The Labute approximate surface area is 217 Å². The minimum absolute atomic E-state index is 0.615. The van der Waals surface area contributed by atoms with Gasteiger partial charge in [-0.1, -0.05) is 84.5 Å². The average Bonchev–Trinajstić information content (AvgIpc) is 2.92. The zero-order valence-corrected chi connectivity index (χ0v) is 23.4. The van der Waals surface area contributed by atoms with Crippen LogP contribution in [0.15, 0.2) is 12.4 Å². The van der Waals surface area contributed by atoms with Crippen molar-refractivity contribution in [2.75, 3.05) is 0 Å². The molecule has 0 spiro atoms. The molecular formula is C33H56N2. The molecule has 3 aliphatic rings. The molecule has 0 aromatic carbocycles. The van der Waals surface area contributed by atoms with Gasteiger partial charge in [-0.25, -0.2) is 9.97 Å². The molecule has 0 aliphatic heterocycles. The van der Waals surface area contributed by atoms with Crippen LogP contribution in [0.4, 0.5) is 0 Å². The molecule has 3 fully saturated rings. The van der Waals surface area contributed by atoms with Gasteiger partial charge in [0.25, 0.3) is 0 Å². The molecule has 0 atom stereocenters. The minimum atomic E-state index is 0.615. The van der Waals surface area contributed by atoms with Crippen LogP contribution in [0.25, 0.3) is 0 Å². The topological polar surface area (TPSA) is 25.8 Å². The van der Waals surface area contributed by atoms with Crippen molar-refractivity contribution in [3.05, 3.63) is 23.8 Å². The quantitative estimate of drug-likeness (QED) is 0.278. The van der Waals surface area contributed by atoms with Crippen LogP contribution >= 0.6 is 0 Å². The molecule has 2 nitrogen and oxygen atoms in total. The normalized spacial score (nSPS) is 31.9. The lowest BCUT2D eigenvalue weighted by Crippen LogP contribution is -2.25. The first kappa shape index (κ1) is 27.1. The molecule has 0 unspecified atom stereocenters. The molecule has 2 heteroatoms. The highest BCUT2D eigenvalue weighted by atomic mass is 14.9.